The summed E-state index contributed by atoms with van der Waals surface area (Å²) in [6, 6.07) is 15.0. The first-order chi connectivity index (χ1) is 11.9. The van der Waals surface area contributed by atoms with Gasteiger partial charge in [-0.3, -0.25) is 0 Å². The molecule has 1 aliphatic rings. The third-order valence-corrected chi connectivity index (χ3v) is 5.22. The SMILES string of the molecule is c1ccc(-c2ccc3cncn3c2CNCC2CCCCC2)cc1. The van der Waals surface area contributed by atoms with Gasteiger partial charge < -0.3 is 9.72 Å². The van der Waals surface area contributed by atoms with Crippen molar-refractivity contribution in [2.75, 3.05) is 6.54 Å². The maximum absolute atomic E-state index is 4.33. The van der Waals surface area contributed by atoms with Crippen LogP contribution in [0.3, 0.4) is 0 Å². The average molecular weight is 319 g/mol. The lowest BCUT2D eigenvalue weighted by Gasteiger charge is -2.22. The summed E-state index contributed by atoms with van der Waals surface area (Å²) in [5.74, 6) is 0.848. The fraction of sp³-hybridized carbons (Fsp3) is 0.381. The van der Waals surface area contributed by atoms with Gasteiger partial charge in [-0.2, -0.15) is 0 Å². The number of nitrogens with one attached hydrogen (secondary N) is 1. The zero-order chi connectivity index (χ0) is 16.2. The molecular weight excluding hydrogens is 294 g/mol. The van der Waals surface area contributed by atoms with E-state index in [1.807, 2.05) is 12.5 Å². The second-order valence-corrected chi connectivity index (χ2v) is 6.88. The van der Waals surface area contributed by atoms with Crippen molar-refractivity contribution >= 4 is 5.52 Å². The van der Waals surface area contributed by atoms with Crippen molar-refractivity contribution in [1.82, 2.24) is 14.7 Å². The number of fused-ring (bicyclic) bond motifs is 1. The van der Waals surface area contributed by atoms with Gasteiger partial charge in [-0.15, -0.1) is 0 Å². The van der Waals surface area contributed by atoms with Crippen LogP contribution in [-0.2, 0) is 6.54 Å². The van der Waals surface area contributed by atoms with Crippen LogP contribution in [0.5, 0.6) is 0 Å². The topological polar surface area (TPSA) is 29.3 Å². The van der Waals surface area contributed by atoms with Gasteiger partial charge in [0.25, 0.3) is 0 Å². The van der Waals surface area contributed by atoms with E-state index in [-0.39, 0.29) is 0 Å². The van der Waals surface area contributed by atoms with Crippen LogP contribution in [0.4, 0.5) is 0 Å². The molecule has 24 heavy (non-hydrogen) atoms. The van der Waals surface area contributed by atoms with Crippen LogP contribution >= 0.6 is 0 Å². The summed E-state index contributed by atoms with van der Waals surface area (Å²) in [6.45, 7) is 2.01. The van der Waals surface area contributed by atoms with Gasteiger partial charge in [0, 0.05) is 17.8 Å². The smallest absolute Gasteiger partial charge is 0.0994 e. The first-order valence-electron chi connectivity index (χ1n) is 9.12. The average Bonchev–Trinajstić information content (AvgIpc) is 3.12. The number of pyridine rings is 1. The minimum absolute atomic E-state index is 0.848. The normalized spacial score (nSPS) is 15.8. The van der Waals surface area contributed by atoms with E-state index in [4.69, 9.17) is 0 Å². The van der Waals surface area contributed by atoms with Crippen molar-refractivity contribution in [2.45, 2.75) is 38.6 Å². The van der Waals surface area contributed by atoms with E-state index >= 15 is 0 Å². The van der Waals surface area contributed by atoms with Crippen molar-refractivity contribution in [3.05, 3.63) is 60.7 Å². The number of aromatic nitrogens is 2. The number of imidazole rings is 1. The van der Waals surface area contributed by atoms with E-state index in [0.717, 1.165) is 24.5 Å². The summed E-state index contributed by atoms with van der Waals surface area (Å²) in [6.07, 6.45) is 10.8. The molecule has 1 saturated carbocycles. The third kappa shape index (κ3) is 3.22. The Labute approximate surface area is 143 Å². The Bertz CT molecular complexity index is 785. The third-order valence-electron chi connectivity index (χ3n) is 5.22. The first kappa shape index (κ1) is 15.4. The molecule has 1 aliphatic carbocycles. The predicted molar refractivity (Wildman–Crippen MR) is 98.9 cm³/mol. The molecule has 1 N–H and O–H groups in total. The number of nitrogens with zero attached hydrogens (tertiary/aromatic N) is 2. The van der Waals surface area contributed by atoms with Gasteiger partial charge in [0.15, 0.2) is 0 Å². The molecule has 1 aromatic carbocycles. The van der Waals surface area contributed by atoms with E-state index < -0.39 is 0 Å². The van der Waals surface area contributed by atoms with E-state index in [9.17, 15) is 0 Å². The molecule has 3 heteroatoms. The molecule has 4 rings (SSSR count). The highest BCUT2D eigenvalue weighted by Gasteiger charge is 2.14. The zero-order valence-corrected chi connectivity index (χ0v) is 14.1. The lowest BCUT2D eigenvalue weighted by Crippen LogP contribution is -2.25. The lowest BCUT2D eigenvalue weighted by molar-refractivity contribution is 0.341. The molecule has 3 aromatic rings. The summed E-state index contributed by atoms with van der Waals surface area (Å²) in [5, 5.41) is 3.71. The van der Waals surface area contributed by atoms with Crippen LogP contribution in [0.25, 0.3) is 16.6 Å². The second kappa shape index (κ2) is 7.18. The summed E-state index contributed by atoms with van der Waals surface area (Å²) >= 11 is 0. The van der Waals surface area contributed by atoms with Gasteiger partial charge in [-0.25, -0.2) is 4.98 Å². The van der Waals surface area contributed by atoms with E-state index in [2.05, 4.69) is 57.2 Å². The monoisotopic (exact) mass is 319 g/mol. The molecule has 0 aliphatic heterocycles. The van der Waals surface area contributed by atoms with Crippen LogP contribution in [0.1, 0.15) is 37.8 Å². The zero-order valence-electron chi connectivity index (χ0n) is 14.1. The molecule has 3 nitrogen and oxygen atoms in total. The molecule has 124 valence electrons. The highest BCUT2D eigenvalue weighted by molar-refractivity contribution is 5.69. The molecule has 2 aromatic heterocycles. The molecule has 0 unspecified atom stereocenters. The number of hydrogen-bond acceptors (Lipinski definition) is 2. The summed E-state index contributed by atoms with van der Waals surface area (Å²) in [7, 11) is 0. The van der Waals surface area contributed by atoms with Gasteiger partial charge in [-0.1, -0.05) is 55.7 Å². The van der Waals surface area contributed by atoms with Crippen molar-refractivity contribution in [3.8, 4) is 11.1 Å². The Balaban J connectivity index is 1.58. The molecule has 0 saturated heterocycles. The highest BCUT2D eigenvalue weighted by Crippen LogP contribution is 2.26. The fourth-order valence-electron chi connectivity index (χ4n) is 3.90. The van der Waals surface area contributed by atoms with Crippen LogP contribution < -0.4 is 5.32 Å². The number of benzene rings is 1. The van der Waals surface area contributed by atoms with E-state index in [1.54, 1.807) is 0 Å². The van der Waals surface area contributed by atoms with E-state index in [0.29, 0.717) is 0 Å². The minimum Gasteiger partial charge on any atom is -0.311 e. The Morgan fingerprint density at radius 2 is 1.83 bits per heavy atom. The summed E-state index contributed by atoms with van der Waals surface area (Å²) < 4.78 is 2.22. The van der Waals surface area contributed by atoms with Crippen LogP contribution in [0, 0.1) is 5.92 Å². The maximum atomic E-state index is 4.33. The predicted octanol–water partition coefficient (Wildman–Crippen LogP) is 4.67. The molecule has 2 heterocycles. The fourth-order valence-corrected chi connectivity index (χ4v) is 3.90. The lowest BCUT2D eigenvalue weighted by atomic mass is 9.89. The molecule has 0 radical (unpaired) electrons. The van der Waals surface area contributed by atoms with Gasteiger partial charge in [0.2, 0.25) is 0 Å². The summed E-state index contributed by atoms with van der Waals surface area (Å²) in [5.41, 5.74) is 5.01. The molecule has 0 atom stereocenters. The van der Waals surface area contributed by atoms with Crippen molar-refractivity contribution in [1.29, 1.82) is 0 Å². The van der Waals surface area contributed by atoms with Crippen LogP contribution in [0.15, 0.2) is 55.0 Å². The molecule has 0 spiro atoms. The van der Waals surface area contributed by atoms with E-state index in [1.165, 1.54) is 48.9 Å². The molecule has 0 amide bonds. The maximum Gasteiger partial charge on any atom is 0.0994 e. The quantitative estimate of drug-likeness (QED) is 0.740. The Kier molecular flexibility index (Phi) is 4.61. The largest absolute Gasteiger partial charge is 0.311 e. The highest BCUT2D eigenvalue weighted by atomic mass is 15.0. The van der Waals surface area contributed by atoms with Gasteiger partial charge >= 0.3 is 0 Å². The molecule has 0 bridgehead atoms. The van der Waals surface area contributed by atoms with Crippen LogP contribution in [-0.4, -0.2) is 15.9 Å². The van der Waals surface area contributed by atoms with Gasteiger partial charge in [0.05, 0.1) is 18.0 Å². The molecular formula is C21H25N3. The van der Waals surface area contributed by atoms with Gasteiger partial charge in [-0.05, 0) is 36.9 Å². The van der Waals surface area contributed by atoms with Crippen LogP contribution in [0.2, 0.25) is 0 Å². The standard InChI is InChI=1S/C21H25N3/c1-3-7-17(8-4-1)13-22-15-21-20(18-9-5-2-6-10-18)12-11-19-14-23-16-24(19)21/h2,5-6,9-12,14,16-17,22H,1,3-4,7-8,13,15H2. The Hall–Kier alpha value is -2.13. The summed E-state index contributed by atoms with van der Waals surface area (Å²) in [4.78, 5) is 4.33. The second-order valence-electron chi connectivity index (χ2n) is 6.88. The minimum atomic E-state index is 0.848. The first-order valence-corrected chi connectivity index (χ1v) is 9.12. The number of rotatable bonds is 5. The van der Waals surface area contributed by atoms with Crippen molar-refractivity contribution < 1.29 is 0 Å². The molecule has 1 fully saturated rings. The Morgan fingerprint density at radius 1 is 1.00 bits per heavy atom. The number of hydrogen-bond donors (Lipinski definition) is 1. The Morgan fingerprint density at radius 3 is 2.67 bits per heavy atom. The van der Waals surface area contributed by atoms with Gasteiger partial charge in [0.1, 0.15) is 0 Å². The van der Waals surface area contributed by atoms with Crippen molar-refractivity contribution in [3.63, 3.8) is 0 Å². The van der Waals surface area contributed by atoms with Crippen molar-refractivity contribution in [2.24, 2.45) is 5.92 Å².